The number of hydrogen-bond donors (Lipinski definition) is 0. The molecule has 2 fully saturated rings. The number of Topliss-reactive ketones (excluding diaryl/α,β-unsaturated/α-hetero) is 1. The minimum atomic E-state index is 0.0724. The van der Waals surface area contributed by atoms with Gasteiger partial charge >= 0.3 is 0 Å². The Kier molecular flexibility index (Phi) is 5.47. The van der Waals surface area contributed by atoms with Gasteiger partial charge in [-0.3, -0.25) is 9.69 Å². The quantitative estimate of drug-likeness (QED) is 0.798. The van der Waals surface area contributed by atoms with Crippen molar-refractivity contribution in [2.24, 2.45) is 0 Å². The first-order valence-corrected chi connectivity index (χ1v) is 9.82. The maximum absolute atomic E-state index is 12.4. The largest absolute Gasteiger partial charge is 0.373 e. The number of rotatable bonds is 5. The van der Waals surface area contributed by atoms with Gasteiger partial charge in [0.15, 0.2) is 5.78 Å². The summed E-state index contributed by atoms with van der Waals surface area (Å²) in [5.41, 5.74) is 3.61. The van der Waals surface area contributed by atoms with E-state index in [-0.39, 0.29) is 12.1 Å². The van der Waals surface area contributed by atoms with Gasteiger partial charge in [0.1, 0.15) is 0 Å². The maximum atomic E-state index is 12.4. The van der Waals surface area contributed by atoms with Crippen molar-refractivity contribution in [1.29, 1.82) is 0 Å². The molecule has 26 heavy (non-hydrogen) atoms. The van der Waals surface area contributed by atoms with E-state index in [1.807, 2.05) is 6.07 Å². The highest BCUT2D eigenvalue weighted by molar-refractivity contribution is 5.86. The second kappa shape index (κ2) is 8.15. The number of carbonyl (C=O) groups excluding carboxylic acids is 1. The molecule has 2 atom stereocenters. The van der Waals surface area contributed by atoms with Crippen LogP contribution in [0, 0.1) is 0 Å². The molecule has 0 bridgehead atoms. The normalized spacial score (nSPS) is 24.1. The van der Waals surface area contributed by atoms with Crippen LogP contribution in [-0.2, 0) is 16.1 Å². The highest BCUT2D eigenvalue weighted by atomic mass is 16.5. The molecule has 4 rings (SSSR count). The van der Waals surface area contributed by atoms with E-state index in [9.17, 15) is 4.79 Å². The molecule has 3 heteroatoms. The van der Waals surface area contributed by atoms with Crippen molar-refractivity contribution in [2.75, 3.05) is 13.1 Å². The van der Waals surface area contributed by atoms with E-state index in [4.69, 9.17) is 4.74 Å². The average molecular weight is 349 g/mol. The monoisotopic (exact) mass is 349 g/mol. The SMILES string of the molecule is O=C1C[C@@H](OCc2ccc(-c3ccccc3)cc2)C[C@@H]1N1CCCCC1. The van der Waals surface area contributed by atoms with Crippen LogP contribution in [0.2, 0.25) is 0 Å². The molecule has 2 aromatic carbocycles. The highest BCUT2D eigenvalue weighted by Crippen LogP contribution is 2.27. The van der Waals surface area contributed by atoms with Gasteiger partial charge in [-0.1, -0.05) is 61.0 Å². The molecule has 2 aromatic rings. The summed E-state index contributed by atoms with van der Waals surface area (Å²) in [6.07, 6.45) is 5.26. The number of carbonyl (C=O) groups is 1. The van der Waals surface area contributed by atoms with Crippen LogP contribution >= 0.6 is 0 Å². The van der Waals surface area contributed by atoms with E-state index >= 15 is 0 Å². The lowest BCUT2D eigenvalue weighted by Gasteiger charge is -2.31. The van der Waals surface area contributed by atoms with Crippen LogP contribution in [0.1, 0.15) is 37.7 Å². The molecule has 2 aliphatic rings. The van der Waals surface area contributed by atoms with E-state index in [2.05, 4.69) is 53.4 Å². The molecule has 1 aliphatic carbocycles. The summed E-state index contributed by atoms with van der Waals surface area (Å²) >= 11 is 0. The zero-order valence-electron chi connectivity index (χ0n) is 15.3. The lowest BCUT2D eigenvalue weighted by Crippen LogP contribution is -2.41. The van der Waals surface area contributed by atoms with Crippen molar-refractivity contribution in [3.63, 3.8) is 0 Å². The third kappa shape index (κ3) is 4.05. The Morgan fingerprint density at radius 1 is 0.885 bits per heavy atom. The first-order valence-electron chi connectivity index (χ1n) is 9.82. The minimum absolute atomic E-state index is 0.0724. The Balaban J connectivity index is 1.31. The topological polar surface area (TPSA) is 29.5 Å². The van der Waals surface area contributed by atoms with Crippen LogP contribution in [0.3, 0.4) is 0 Å². The van der Waals surface area contributed by atoms with Crippen LogP contribution < -0.4 is 0 Å². The van der Waals surface area contributed by atoms with E-state index < -0.39 is 0 Å². The second-order valence-electron chi connectivity index (χ2n) is 7.51. The van der Waals surface area contributed by atoms with Gasteiger partial charge in [0.2, 0.25) is 0 Å². The molecule has 3 nitrogen and oxygen atoms in total. The molecule has 0 N–H and O–H groups in total. The summed E-state index contributed by atoms with van der Waals surface area (Å²) in [6, 6.07) is 19.0. The van der Waals surface area contributed by atoms with Crippen LogP contribution in [0.4, 0.5) is 0 Å². The van der Waals surface area contributed by atoms with Crippen molar-refractivity contribution >= 4 is 5.78 Å². The average Bonchev–Trinajstić information content (AvgIpc) is 3.09. The Bertz CT molecular complexity index is 720. The van der Waals surface area contributed by atoms with Crippen LogP contribution in [0.15, 0.2) is 54.6 Å². The van der Waals surface area contributed by atoms with E-state index in [1.54, 1.807) is 0 Å². The van der Waals surface area contributed by atoms with Gasteiger partial charge in [0.25, 0.3) is 0 Å². The lowest BCUT2D eigenvalue weighted by atomic mass is 10.0. The number of nitrogens with zero attached hydrogens (tertiary/aromatic N) is 1. The predicted molar refractivity (Wildman–Crippen MR) is 104 cm³/mol. The first kappa shape index (κ1) is 17.4. The number of ether oxygens (including phenoxy) is 1. The van der Waals surface area contributed by atoms with Crippen molar-refractivity contribution in [1.82, 2.24) is 4.90 Å². The minimum Gasteiger partial charge on any atom is -0.373 e. The Labute approximate surface area is 156 Å². The summed E-state index contributed by atoms with van der Waals surface area (Å²) < 4.78 is 6.08. The van der Waals surface area contributed by atoms with Gasteiger partial charge < -0.3 is 4.74 Å². The predicted octanol–water partition coefficient (Wildman–Crippen LogP) is 4.46. The zero-order valence-corrected chi connectivity index (χ0v) is 15.3. The van der Waals surface area contributed by atoms with Gasteiger partial charge in [0.05, 0.1) is 18.8 Å². The van der Waals surface area contributed by atoms with E-state index in [1.165, 1.54) is 36.0 Å². The number of likely N-dealkylation sites (tertiary alicyclic amines) is 1. The lowest BCUT2D eigenvalue weighted by molar-refractivity contribution is -0.122. The standard InChI is InChI=1S/C23H27NO2/c25-23-16-21(15-22(23)24-13-5-2-6-14-24)26-17-18-9-11-20(12-10-18)19-7-3-1-4-8-19/h1,3-4,7-12,21-22H,2,5-6,13-17H2/t21-,22-/m0/s1. The molecule has 0 amide bonds. The number of hydrogen-bond acceptors (Lipinski definition) is 3. The Morgan fingerprint density at radius 2 is 1.58 bits per heavy atom. The van der Waals surface area contributed by atoms with Gasteiger partial charge in [-0.25, -0.2) is 0 Å². The fourth-order valence-corrected chi connectivity index (χ4v) is 4.17. The van der Waals surface area contributed by atoms with Gasteiger partial charge in [-0.15, -0.1) is 0 Å². The molecule has 1 saturated carbocycles. The Hall–Kier alpha value is -1.97. The van der Waals surface area contributed by atoms with Crippen LogP contribution in [0.25, 0.3) is 11.1 Å². The van der Waals surface area contributed by atoms with Crippen molar-refractivity contribution in [2.45, 2.75) is 50.9 Å². The molecule has 0 unspecified atom stereocenters. The van der Waals surface area contributed by atoms with Gasteiger partial charge in [-0.2, -0.15) is 0 Å². The summed E-state index contributed by atoms with van der Waals surface area (Å²) in [5.74, 6) is 0.372. The van der Waals surface area contributed by atoms with E-state index in [0.29, 0.717) is 18.8 Å². The molecule has 0 radical (unpaired) electrons. The zero-order chi connectivity index (χ0) is 17.8. The summed E-state index contributed by atoms with van der Waals surface area (Å²) in [7, 11) is 0. The summed E-state index contributed by atoms with van der Waals surface area (Å²) in [5, 5.41) is 0. The van der Waals surface area contributed by atoms with Gasteiger partial charge in [0, 0.05) is 6.42 Å². The van der Waals surface area contributed by atoms with Crippen molar-refractivity contribution < 1.29 is 9.53 Å². The molecule has 136 valence electrons. The highest BCUT2D eigenvalue weighted by Gasteiger charge is 2.37. The van der Waals surface area contributed by atoms with Crippen molar-refractivity contribution in [3.8, 4) is 11.1 Å². The molecule has 0 spiro atoms. The first-order chi connectivity index (χ1) is 12.8. The van der Waals surface area contributed by atoms with Crippen molar-refractivity contribution in [3.05, 3.63) is 60.2 Å². The number of piperidine rings is 1. The molecule has 1 heterocycles. The maximum Gasteiger partial charge on any atom is 0.152 e. The third-order valence-corrected chi connectivity index (χ3v) is 5.66. The molecule has 1 aliphatic heterocycles. The molecule has 0 aromatic heterocycles. The smallest absolute Gasteiger partial charge is 0.152 e. The van der Waals surface area contributed by atoms with E-state index in [0.717, 1.165) is 19.5 Å². The van der Waals surface area contributed by atoms with Gasteiger partial charge in [-0.05, 0) is 49.0 Å². The third-order valence-electron chi connectivity index (χ3n) is 5.66. The summed E-state index contributed by atoms with van der Waals surface area (Å²) in [6.45, 7) is 2.73. The fourth-order valence-electron chi connectivity index (χ4n) is 4.17. The molecular formula is C23H27NO2. The van der Waals surface area contributed by atoms with Crippen LogP contribution in [0.5, 0.6) is 0 Å². The Morgan fingerprint density at radius 3 is 2.31 bits per heavy atom. The number of benzene rings is 2. The molecular weight excluding hydrogens is 322 g/mol. The fraction of sp³-hybridized carbons (Fsp3) is 0.435. The number of ketones is 1. The second-order valence-corrected chi connectivity index (χ2v) is 7.51. The molecule has 1 saturated heterocycles. The summed E-state index contributed by atoms with van der Waals surface area (Å²) in [4.78, 5) is 14.8. The van der Waals surface area contributed by atoms with Crippen LogP contribution in [-0.4, -0.2) is 35.9 Å².